The summed E-state index contributed by atoms with van der Waals surface area (Å²) in [7, 11) is 0. The first-order valence-electron chi connectivity index (χ1n) is 4.71. The fraction of sp³-hybridized carbons (Fsp3) is 0.455. The normalized spacial score (nSPS) is 12.5. The second kappa shape index (κ2) is 6.67. The van der Waals surface area contributed by atoms with Crippen molar-refractivity contribution in [3.63, 3.8) is 0 Å². The Bertz CT molecular complexity index is 274. The van der Waals surface area contributed by atoms with Gasteiger partial charge in [-0.15, -0.1) is 0 Å². The largest absolute Gasteiger partial charge is 0.492 e. The molecule has 0 heterocycles. The molecule has 1 atom stereocenters. The smallest absolute Gasteiger partial charge is 0.132 e. The summed E-state index contributed by atoms with van der Waals surface area (Å²) in [5, 5.41) is 1.01. The number of alkyl halides is 1. The van der Waals surface area contributed by atoms with Crippen molar-refractivity contribution in [1.82, 2.24) is 0 Å². The van der Waals surface area contributed by atoms with E-state index in [4.69, 9.17) is 4.74 Å². The molecule has 1 nitrogen and oxygen atoms in total. The van der Waals surface area contributed by atoms with E-state index in [1.807, 2.05) is 18.2 Å². The van der Waals surface area contributed by atoms with Crippen LogP contribution >= 0.6 is 38.5 Å². The van der Waals surface area contributed by atoms with Crippen molar-refractivity contribution in [2.75, 3.05) is 11.9 Å². The first kappa shape index (κ1) is 12.3. The minimum absolute atomic E-state index is 0.603. The quantitative estimate of drug-likeness (QED) is 0.561. The topological polar surface area (TPSA) is 9.23 Å². The molecule has 0 aliphatic rings. The van der Waals surface area contributed by atoms with Gasteiger partial charge in [0.25, 0.3) is 0 Å². The van der Waals surface area contributed by atoms with Gasteiger partial charge in [0.05, 0.1) is 10.2 Å². The molecule has 0 fully saturated rings. The molecule has 0 radical (unpaired) electrons. The highest BCUT2D eigenvalue weighted by Gasteiger charge is 2.06. The van der Waals surface area contributed by atoms with E-state index in [9.17, 15) is 0 Å². The summed E-state index contributed by atoms with van der Waals surface area (Å²) in [4.78, 5) is 0. The summed E-state index contributed by atoms with van der Waals surface area (Å²) in [5.74, 6) is 1.60. The lowest BCUT2D eigenvalue weighted by molar-refractivity contribution is 0.258. The highest BCUT2D eigenvalue weighted by Crippen LogP contribution is 2.20. The Morgan fingerprint density at radius 3 is 2.71 bits per heavy atom. The summed E-state index contributed by atoms with van der Waals surface area (Å²) in [6, 6.07) is 8.11. The van der Waals surface area contributed by atoms with E-state index in [0.29, 0.717) is 5.92 Å². The van der Waals surface area contributed by atoms with Gasteiger partial charge in [-0.05, 0) is 41.1 Å². The Kier molecular flexibility index (Phi) is 5.86. The molecule has 14 heavy (non-hydrogen) atoms. The molecule has 0 saturated heterocycles. The third kappa shape index (κ3) is 3.77. The van der Waals surface area contributed by atoms with E-state index in [1.54, 1.807) is 0 Å². The molecular formula is C11H14BrIO. The lowest BCUT2D eigenvalue weighted by Gasteiger charge is -2.13. The minimum Gasteiger partial charge on any atom is -0.492 e. The van der Waals surface area contributed by atoms with Crippen LogP contribution in [0.5, 0.6) is 5.75 Å². The number of hydrogen-bond donors (Lipinski definition) is 0. The van der Waals surface area contributed by atoms with Crippen LogP contribution < -0.4 is 4.74 Å². The number of halogens is 2. The molecule has 1 aromatic carbocycles. The Hall–Kier alpha value is 0.230. The summed E-state index contributed by atoms with van der Waals surface area (Å²) in [6.07, 6.45) is 1.15. The fourth-order valence-corrected chi connectivity index (χ4v) is 2.23. The molecule has 0 aliphatic heterocycles. The molecule has 1 aromatic rings. The fourth-order valence-electron chi connectivity index (χ4n) is 1.04. The first-order chi connectivity index (χ1) is 6.77. The summed E-state index contributed by atoms with van der Waals surface area (Å²) < 4.78 is 6.92. The van der Waals surface area contributed by atoms with Crippen LogP contribution in [0.4, 0.5) is 0 Å². The lowest BCUT2D eigenvalue weighted by Crippen LogP contribution is -2.12. The van der Waals surface area contributed by atoms with Crippen molar-refractivity contribution in [1.29, 1.82) is 0 Å². The van der Waals surface area contributed by atoms with Crippen LogP contribution in [0, 0.1) is 9.49 Å². The van der Waals surface area contributed by atoms with Gasteiger partial charge in [0, 0.05) is 11.2 Å². The van der Waals surface area contributed by atoms with Crippen molar-refractivity contribution in [2.45, 2.75) is 13.3 Å². The molecule has 0 amide bonds. The van der Waals surface area contributed by atoms with Crippen LogP contribution in [-0.4, -0.2) is 11.9 Å². The van der Waals surface area contributed by atoms with Gasteiger partial charge in [0.15, 0.2) is 0 Å². The molecule has 3 heteroatoms. The maximum atomic E-state index is 5.74. The van der Waals surface area contributed by atoms with Gasteiger partial charge in [-0.1, -0.05) is 35.0 Å². The highest BCUT2D eigenvalue weighted by atomic mass is 127. The average Bonchev–Trinajstić information content (AvgIpc) is 2.22. The predicted molar refractivity (Wildman–Crippen MR) is 72.2 cm³/mol. The van der Waals surface area contributed by atoms with Crippen LogP contribution in [0.25, 0.3) is 0 Å². The molecule has 0 aromatic heterocycles. The van der Waals surface area contributed by atoms with Gasteiger partial charge in [-0.3, -0.25) is 0 Å². The van der Waals surface area contributed by atoms with Gasteiger partial charge in [-0.25, -0.2) is 0 Å². The van der Waals surface area contributed by atoms with Crippen molar-refractivity contribution < 1.29 is 4.74 Å². The molecule has 0 N–H and O–H groups in total. The number of para-hydroxylation sites is 1. The summed E-state index contributed by atoms with van der Waals surface area (Å²) >= 11 is 5.78. The van der Waals surface area contributed by atoms with Gasteiger partial charge >= 0.3 is 0 Å². The monoisotopic (exact) mass is 368 g/mol. The molecule has 0 saturated carbocycles. The van der Waals surface area contributed by atoms with Gasteiger partial charge in [0.2, 0.25) is 0 Å². The number of hydrogen-bond acceptors (Lipinski definition) is 1. The lowest BCUT2D eigenvalue weighted by atomic mass is 10.1. The standard InChI is InChI=1S/C11H14BrIO/c1-2-9(7-12)8-14-11-6-4-3-5-10(11)13/h3-6,9H,2,7-8H2,1H3. The molecule has 0 spiro atoms. The second-order valence-corrected chi connectivity index (χ2v) is 4.98. The molecule has 1 rings (SSSR count). The summed E-state index contributed by atoms with van der Waals surface area (Å²) in [5.41, 5.74) is 0. The van der Waals surface area contributed by atoms with Gasteiger partial charge in [-0.2, -0.15) is 0 Å². The van der Waals surface area contributed by atoms with Crippen molar-refractivity contribution in [3.8, 4) is 5.75 Å². The zero-order valence-electron chi connectivity index (χ0n) is 8.17. The van der Waals surface area contributed by atoms with Gasteiger partial charge in [0.1, 0.15) is 5.75 Å². The maximum absolute atomic E-state index is 5.74. The Morgan fingerprint density at radius 1 is 1.43 bits per heavy atom. The van der Waals surface area contributed by atoms with Gasteiger partial charge < -0.3 is 4.74 Å². The highest BCUT2D eigenvalue weighted by molar-refractivity contribution is 14.1. The Balaban J connectivity index is 2.49. The SMILES string of the molecule is CCC(CBr)COc1ccccc1I. The van der Waals surface area contributed by atoms with E-state index in [2.05, 4.69) is 51.5 Å². The van der Waals surface area contributed by atoms with Crippen molar-refractivity contribution in [3.05, 3.63) is 27.8 Å². The van der Waals surface area contributed by atoms with Crippen LogP contribution in [0.15, 0.2) is 24.3 Å². The molecule has 78 valence electrons. The molecular weight excluding hydrogens is 355 g/mol. The van der Waals surface area contributed by atoms with Crippen LogP contribution in [0.2, 0.25) is 0 Å². The van der Waals surface area contributed by atoms with Crippen LogP contribution in [0.1, 0.15) is 13.3 Å². The molecule has 1 unspecified atom stereocenters. The molecule has 0 bridgehead atoms. The van der Waals surface area contributed by atoms with E-state index in [1.165, 1.54) is 3.57 Å². The number of ether oxygens (including phenoxy) is 1. The second-order valence-electron chi connectivity index (χ2n) is 3.17. The maximum Gasteiger partial charge on any atom is 0.132 e. The minimum atomic E-state index is 0.603. The third-order valence-corrected chi connectivity index (χ3v) is 3.91. The van der Waals surface area contributed by atoms with Crippen molar-refractivity contribution >= 4 is 38.5 Å². The zero-order valence-corrected chi connectivity index (χ0v) is 11.9. The van der Waals surface area contributed by atoms with E-state index < -0.39 is 0 Å². The van der Waals surface area contributed by atoms with Crippen molar-refractivity contribution in [2.24, 2.45) is 5.92 Å². The third-order valence-electron chi connectivity index (χ3n) is 2.11. The predicted octanol–water partition coefficient (Wildman–Crippen LogP) is 4.09. The first-order valence-corrected chi connectivity index (χ1v) is 6.91. The van der Waals surface area contributed by atoms with E-state index >= 15 is 0 Å². The zero-order chi connectivity index (χ0) is 10.4. The molecule has 0 aliphatic carbocycles. The Morgan fingerprint density at radius 2 is 2.14 bits per heavy atom. The van der Waals surface area contributed by atoms with E-state index in [0.717, 1.165) is 24.1 Å². The number of benzene rings is 1. The average molecular weight is 369 g/mol. The van der Waals surface area contributed by atoms with E-state index in [-0.39, 0.29) is 0 Å². The van der Waals surface area contributed by atoms with Crippen LogP contribution in [-0.2, 0) is 0 Å². The summed E-state index contributed by atoms with van der Waals surface area (Å²) in [6.45, 7) is 2.98. The number of rotatable bonds is 5. The van der Waals surface area contributed by atoms with Crippen LogP contribution in [0.3, 0.4) is 0 Å². The Labute approximate surface area is 107 Å².